The van der Waals surface area contributed by atoms with Crippen LogP contribution in [-0.2, 0) is 13.6 Å². The van der Waals surface area contributed by atoms with Crippen LogP contribution in [0.25, 0.3) is 0 Å². The number of ether oxygens (including phenoxy) is 2. The van der Waals surface area contributed by atoms with Crippen molar-refractivity contribution in [2.75, 3.05) is 37.9 Å². The van der Waals surface area contributed by atoms with Crippen molar-refractivity contribution in [2.24, 2.45) is 7.05 Å². The van der Waals surface area contributed by atoms with Gasteiger partial charge in [-0.1, -0.05) is 6.07 Å². The van der Waals surface area contributed by atoms with E-state index in [1.807, 2.05) is 24.3 Å². The predicted octanol–water partition coefficient (Wildman–Crippen LogP) is 1.43. The first kappa shape index (κ1) is 19.0. The molecule has 0 radical (unpaired) electrons. The van der Waals surface area contributed by atoms with E-state index in [2.05, 4.69) is 9.80 Å². The van der Waals surface area contributed by atoms with Crippen molar-refractivity contribution < 1.29 is 14.3 Å². The normalized spacial score (nSPS) is 16.0. The van der Waals surface area contributed by atoms with Gasteiger partial charge in [0.1, 0.15) is 17.5 Å². The van der Waals surface area contributed by atoms with Crippen LogP contribution in [0.2, 0.25) is 0 Å². The van der Waals surface area contributed by atoms with Gasteiger partial charge < -0.3 is 14.4 Å². The number of hydrogen-bond donors (Lipinski definition) is 0. The number of nitriles is 1. The smallest absolute Gasteiger partial charge is 0.270 e. The van der Waals surface area contributed by atoms with E-state index in [1.54, 1.807) is 14.0 Å². The number of fused-ring (bicyclic) bond motifs is 1. The molecule has 0 unspecified atom stereocenters. The largest absolute Gasteiger partial charge is 0.454 e. The number of carbonyl (C=O) groups is 1. The van der Waals surface area contributed by atoms with Gasteiger partial charge in [-0.05, 0) is 30.2 Å². The van der Waals surface area contributed by atoms with Gasteiger partial charge >= 0.3 is 0 Å². The molecule has 2 aromatic rings. The van der Waals surface area contributed by atoms with Crippen LogP contribution in [0.4, 0.5) is 5.82 Å². The SMILES string of the molecule is Cc1c(C=O)c(N2CCN(Cc3ccc4c(c3)OCO4)CC2)n(C)c(=O)c1C#N. The maximum Gasteiger partial charge on any atom is 0.270 e. The van der Waals surface area contributed by atoms with Gasteiger partial charge in [0.2, 0.25) is 6.79 Å². The number of aldehydes is 1. The standard InChI is InChI=1S/C21H22N4O4/c1-14-16(10-22)21(27)23(2)20(17(14)12-26)25-7-5-24(6-8-25)11-15-3-4-18-19(9-15)29-13-28-18/h3-4,9,12H,5-8,11,13H2,1-2H3. The third-order valence-corrected chi connectivity index (χ3v) is 5.60. The minimum Gasteiger partial charge on any atom is -0.454 e. The zero-order valence-corrected chi connectivity index (χ0v) is 16.5. The fourth-order valence-electron chi connectivity index (χ4n) is 3.98. The van der Waals surface area contributed by atoms with Gasteiger partial charge in [0.25, 0.3) is 5.56 Å². The highest BCUT2D eigenvalue weighted by molar-refractivity contribution is 5.86. The van der Waals surface area contributed by atoms with Gasteiger partial charge in [0, 0.05) is 39.8 Å². The van der Waals surface area contributed by atoms with Crippen molar-refractivity contribution in [1.82, 2.24) is 9.47 Å². The van der Waals surface area contributed by atoms with Crippen molar-refractivity contribution in [3.63, 3.8) is 0 Å². The Morgan fingerprint density at radius 3 is 2.59 bits per heavy atom. The second-order valence-electron chi connectivity index (χ2n) is 7.28. The molecule has 4 rings (SSSR count). The number of hydrogen-bond acceptors (Lipinski definition) is 7. The summed E-state index contributed by atoms with van der Waals surface area (Å²) in [4.78, 5) is 28.6. The fraction of sp³-hybridized carbons (Fsp3) is 0.381. The molecule has 0 saturated carbocycles. The first-order valence-electron chi connectivity index (χ1n) is 9.48. The Morgan fingerprint density at radius 2 is 1.90 bits per heavy atom. The van der Waals surface area contributed by atoms with Crippen LogP contribution >= 0.6 is 0 Å². The number of anilines is 1. The minimum absolute atomic E-state index is 0.0276. The summed E-state index contributed by atoms with van der Waals surface area (Å²) < 4.78 is 12.2. The number of piperazine rings is 1. The van der Waals surface area contributed by atoms with Gasteiger partial charge in [-0.25, -0.2) is 0 Å². The summed E-state index contributed by atoms with van der Waals surface area (Å²) in [5.41, 5.74) is 1.67. The summed E-state index contributed by atoms with van der Waals surface area (Å²) in [6.07, 6.45) is 0.740. The number of pyridine rings is 1. The highest BCUT2D eigenvalue weighted by atomic mass is 16.7. The van der Waals surface area contributed by atoms with E-state index in [9.17, 15) is 14.9 Å². The van der Waals surface area contributed by atoms with Crippen molar-refractivity contribution in [3.05, 3.63) is 50.8 Å². The third-order valence-electron chi connectivity index (χ3n) is 5.60. The van der Waals surface area contributed by atoms with E-state index < -0.39 is 0 Å². The number of aromatic nitrogens is 1. The minimum atomic E-state index is -0.367. The average Bonchev–Trinajstić information content (AvgIpc) is 3.19. The maximum absolute atomic E-state index is 12.5. The molecular formula is C21H22N4O4. The molecule has 1 aromatic heterocycles. The van der Waals surface area contributed by atoms with Gasteiger partial charge in [-0.2, -0.15) is 5.26 Å². The van der Waals surface area contributed by atoms with Crippen molar-refractivity contribution >= 4 is 12.1 Å². The summed E-state index contributed by atoms with van der Waals surface area (Å²) >= 11 is 0. The Kier molecular flexibility index (Phi) is 4.99. The van der Waals surface area contributed by atoms with Gasteiger partial charge in [-0.3, -0.25) is 19.1 Å². The number of nitrogens with zero attached hydrogens (tertiary/aromatic N) is 4. The zero-order valence-electron chi connectivity index (χ0n) is 16.5. The highest BCUT2D eigenvalue weighted by Gasteiger charge is 2.25. The predicted molar refractivity (Wildman–Crippen MR) is 107 cm³/mol. The van der Waals surface area contributed by atoms with Gasteiger partial charge in [-0.15, -0.1) is 0 Å². The van der Waals surface area contributed by atoms with Crippen LogP contribution in [0.15, 0.2) is 23.0 Å². The molecular weight excluding hydrogens is 372 g/mol. The lowest BCUT2D eigenvalue weighted by Crippen LogP contribution is -2.48. The van der Waals surface area contributed by atoms with Crippen LogP contribution in [0.3, 0.4) is 0 Å². The topological polar surface area (TPSA) is 87.8 Å². The molecule has 0 aliphatic carbocycles. The number of benzene rings is 1. The molecule has 0 N–H and O–H groups in total. The molecule has 1 fully saturated rings. The Balaban J connectivity index is 1.51. The Labute approximate surface area is 168 Å². The molecule has 29 heavy (non-hydrogen) atoms. The van der Waals surface area contributed by atoms with Crippen molar-refractivity contribution in [2.45, 2.75) is 13.5 Å². The molecule has 150 valence electrons. The Morgan fingerprint density at radius 1 is 1.17 bits per heavy atom. The van der Waals surface area contributed by atoms with Crippen LogP contribution in [0, 0.1) is 18.3 Å². The second-order valence-corrected chi connectivity index (χ2v) is 7.28. The molecule has 0 spiro atoms. The molecule has 3 heterocycles. The molecule has 1 aromatic carbocycles. The lowest BCUT2D eigenvalue weighted by molar-refractivity contribution is 0.112. The van der Waals surface area contributed by atoms with Crippen LogP contribution < -0.4 is 19.9 Å². The number of rotatable bonds is 4. The van der Waals surface area contributed by atoms with E-state index in [4.69, 9.17) is 9.47 Å². The van der Waals surface area contributed by atoms with E-state index in [0.717, 1.165) is 43.0 Å². The highest BCUT2D eigenvalue weighted by Crippen LogP contribution is 2.33. The molecule has 0 atom stereocenters. The average molecular weight is 394 g/mol. The van der Waals surface area contributed by atoms with E-state index in [1.165, 1.54) is 4.57 Å². The molecule has 8 heteroatoms. The number of carbonyl (C=O) groups excluding carboxylic acids is 1. The Hall–Kier alpha value is -3.31. The Bertz CT molecular complexity index is 1060. The first-order chi connectivity index (χ1) is 14.0. The van der Waals surface area contributed by atoms with Gasteiger partial charge in [0.05, 0.1) is 5.56 Å². The third kappa shape index (κ3) is 3.34. The van der Waals surface area contributed by atoms with E-state index in [-0.39, 0.29) is 17.9 Å². The second kappa shape index (κ2) is 7.60. The zero-order chi connectivity index (χ0) is 20.5. The van der Waals surface area contributed by atoms with Crippen LogP contribution in [0.1, 0.15) is 27.0 Å². The molecule has 2 aliphatic heterocycles. The van der Waals surface area contributed by atoms with Crippen molar-refractivity contribution in [1.29, 1.82) is 5.26 Å². The monoisotopic (exact) mass is 394 g/mol. The van der Waals surface area contributed by atoms with Crippen molar-refractivity contribution in [3.8, 4) is 17.6 Å². The quantitative estimate of drug-likeness (QED) is 0.725. The summed E-state index contributed by atoms with van der Waals surface area (Å²) in [6, 6.07) is 7.90. The first-order valence-corrected chi connectivity index (χ1v) is 9.48. The fourth-order valence-corrected chi connectivity index (χ4v) is 3.98. The van der Waals surface area contributed by atoms with Crippen LogP contribution in [0.5, 0.6) is 11.5 Å². The molecule has 2 aliphatic rings. The maximum atomic E-state index is 12.5. The molecule has 0 bridgehead atoms. The molecule has 1 saturated heterocycles. The summed E-state index contributed by atoms with van der Waals surface area (Å²) in [6.45, 7) is 5.66. The molecule has 8 nitrogen and oxygen atoms in total. The molecule has 0 amide bonds. The summed E-state index contributed by atoms with van der Waals surface area (Å²) in [5, 5.41) is 9.26. The summed E-state index contributed by atoms with van der Waals surface area (Å²) in [5.74, 6) is 2.14. The van der Waals surface area contributed by atoms with E-state index in [0.29, 0.717) is 30.0 Å². The van der Waals surface area contributed by atoms with Gasteiger partial charge in [0.15, 0.2) is 17.8 Å². The lowest BCUT2D eigenvalue weighted by atomic mass is 10.0. The summed E-state index contributed by atoms with van der Waals surface area (Å²) in [7, 11) is 1.62. The lowest BCUT2D eigenvalue weighted by Gasteiger charge is -2.37. The van der Waals surface area contributed by atoms with E-state index >= 15 is 0 Å². The van der Waals surface area contributed by atoms with Crippen LogP contribution in [-0.4, -0.2) is 48.7 Å².